The van der Waals surface area contributed by atoms with E-state index in [1.54, 1.807) is 0 Å². The van der Waals surface area contributed by atoms with Crippen LogP contribution in [0.1, 0.15) is 19.9 Å². The van der Waals surface area contributed by atoms with Crippen molar-refractivity contribution >= 4 is 16.9 Å². The molecule has 0 unspecified atom stereocenters. The Morgan fingerprint density at radius 2 is 2.07 bits per heavy atom. The molecule has 0 saturated carbocycles. The highest BCUT2D eigenvalue weighted by Gasteiger charge is 2.13. The van der Waals surface area contributed by atoms with Gasteiger partial charge in [-0.1, -0.05) is 0 Å². The van der Waals surface area contributed by atoms with Crippen LogP contribution in [0.15, 0.2) is 30.7 Å². The van der Waals surface area contributed by atoms with Gasteiger partial charge in [-0.15, -0.1) is 0 Å². The molecule has 0 atom stereocenters. The number of pyridine rings is 1. The molecular formula is C11H12N4. The summed E-state index contributed by atoms with van der Waals surface area (Å²) in [5.74, 6) is 0.957. The second kappa shape index (κ2) is 2.82. The topological polar surface area (TPSA) is 35.1 Å². The average molecular weight is 200 g/mol. The molecule has 0 saturated heterocycles. The smallest absolute Gasteiger partial charge is 0.216 e. The van der Waals surface area contributed by atoms with E-state index >= 15 is 0 Å². The normalized spacial score (nSPS) is 11.9. The van der Waals surface area contributed by atoms with Gasteiger partial charge in [0.05, 0.1) is 5.52 Å². The van der Waals surface area contributed by atoms with Gasteiger partial charge in [-0.2, -0.15) is 0 Å². The molecule has 15 heavy (non-hydrogen) atoms. The average Bonchev–Trinajstić information content (AvgIpc) is 2.75. The van der Waals surface area contributed by atoms with E-state index in [2.05, 4.69) is 38.8 Å². The van der Waals surface area contributed by atoms with E-state index in [-0.39, 0.29) is 0 Å². The minimum absolute atomic E-state index is 0.363. The highest BCUT2D eigenvalue weighted by atomic mass is 15.2. The van der Waals surface area contributed by atoms with E-state index in [9.17, 15) is 0 Å². The molecule has 3 aromatic rings. The number of rotatable bonds is 1. The standard InChI is InChI=1S/C11H12N4/c1-8(2)15-10-9(4-3-5-12-10)14-7-6-13-11(14)15/h3-8H,1-2H3. The van der Waals surface area contributed by atoms with Crippen molar-refractivity contribution in [1.29, 1.82) is 0 Å². The zero-order valence-corrected chi connectivity index (χ0v) is 8.75. The lowest BCUT2D eigenvalue weighted by Gasteiger charge is -2.06. The number of aromatic nitrogens is 4. The Labute approximate surface area is 87.2 Å². The van der Waals surface area contributed by atoms with Gasteiger partial charge < -0.3 is 0 Å². The zero-order valence-electron chi connectivity index (χ0n) is 8.75. The molecule has 76 valence electrons. The van der Waals surface area contributed by atoms with Gasteiger partial charge in [0.1, 0.15) is 0 Å². The largest absolute Gasteiger partial charge is 0.292 e. The first-order valence-electron chi connectivity index (χ1n) is 5.07. The Morgan fingerprint density at radius 1 is 1.20 bits per heavy atom. The van der Waals surface area contributed by atoms with Crippen molar-refractivity contribution in [1.82, 2.24) is 18.9 Å². The van der Waals surface area contributed by atoms with Gasteiger partial charge in [-0.25, -0.2) is 9.97 Å². The van der Waals surface area contributed by atoms with E-state index < -0.39 is 0 Å². The Balaban J connectivity index is 2.58. The van der Waals surface area contributed by atoms with Crippen LogP contribution in [0.4, 0.5) is 0 Å². The number of fused-ring (bicyclic) bond motifs is 3. The molecule has 0 bridgehead atoms. The highest BCUT2D eigenvalue weighted by Crippen LogP contribution is 2.21. The Kier molecular flexibility index (Phi) is 1.59. The lowest BCUT2D eigenvalue weighted by molar-refractivity contribution is 0.628. The summed E-state index contributed by atoms with van der Waals surface area (Å²) in [6.45, 7) is 4.28. The van der Waals surface area contributed by atoms with Crippen LogP contribution in [0.3, 0.4) is 0 Å². The predicted octanol–water partition coefficient (Wildman–Crippen LogP) is 2.26. The van der Waals surface area contributed by atoms with Crippen molar-refractivity contribution in [2.24, 2.45) is 0 Å². The molecule has 4 nitrogen and oxygen atoms in total. The zero-order chi connectivity index (χ0) is 10.4. The van der Waals surface area contributed by atoms with Crippen LogP contribution in [-0.2, 0) is 0 Å². The van der Waals surface area contributed by atoms with Gasteiger partial charge in [0, 0.05) is 24.6 Å². The fraction of sp³-hybridized carbons (Fsp3) is 0.273. The van der Waals surface area contributed by atoms with Crippen LogP contribution in [0, 0.1) is 0 Å². The van der Waals surface area contributed by atoms with Crippen molar-refractivity contribution < 1.29 is 0 Å². The fourth-order valence-corrected chi connectivity index (χ4v) is 1.99. The quantitative estimate of drug-likeness (QED) is 0.604. The molecule has 3 rings (SSSR count). The number of hydrogen-bond donors (Lipinski definition) is 0. The molecule has 0 amide bonds. The third-order valence-corrected chi connectivity index (χ3v) is 2.61. The van der Waals surface area contributed by atoms with E-state index in [4.69, 9.17) is 0 Å². The summed E-state index contributed by atoms with van der Waals surface area (Å²) in [5.41, 5.74) is 2.11. The SMILES string of the molecule is CC(C)n1c2ncccc2n2ccnc12. The van der Waals surface area contributed by atoms with E-state index in [0.29, 0.717) is 6.04 Å². The van der Waals surface area contributed by atoms with Crippen LogP contribution in [-0.4, -0.2) is 18.9 Å². The molecule has 0 radical (unpaired) electrons. The summed E-state index contributed by atoms with van der Waals surface area (Å²) in [7, 11) is 0. The second-order valence-corrected chi connectivity index (χ2v) is 3.91. The third-order valence-electron chi connectivity index (χ3n) is 2.61. The number of hydrogen-bond acceptors (Lipinski definition) is 2. The van der Waals surface area contributed by atoms with Crippen molar-refractivity contribution in [3.63, 3.8) is 0 Å². The van der Waals surface area contributed by atoms with Gasteiger partial charge in [-0.3, -0.25) is 8.97 Å². The van der Waals surface area contributed by atoms with Crippen molar-refractivity contribution in [2.45, 2.75) is 19.9 Å². The van der Waals surface area contributed by atoms with Gasteiger partial charge in [0.15, 0.2) is 5.65 Å². The van der Waals surface area contributed by atoms with Gasteiger partial charge in [-0.05, 0) is 26.0 Å². The summed E-state index contributed by atoms with van der Waals surface area (Å²) in [6, 6.07) is 4.38. The predicted molar refractivity (Wildman–Crippen MR) is 58.9 cm³/mol. The third kappa shape index (κ3) is 1.02. The fourth-order valence-electron chi connectivity index (χ4n) is 1.99. The number of nitrogens with zero attached hydrogens (tertiary/aromatic N) is 4. The Bertz CT molecular complexity index is 618. The van der Waals surface area contributed by atoms with Crippen molar-refractivity contribution in [2.75, 3.05) is 0 Å². The summed E-state index contributed by atoms with van der Waals surface area (Å²) in [5, 5.41) is 0. The molecule has 0 aliphatic carbocycles. The molecule has 4 heteroatoms. The molecular weight excluding hydrogens is 188 g/mol. The molecule has 3 aromatic heterocycles. The van der Waals surface area contributed by atoms with Crippen LogP contribution >= 0.6 is 0 Å². The minimum atomic E-state index is 0.363. The summed E-state index contributed by atoms with van der Waals surface area (Å²) in [4.78, 5) is 8.78. The molecule has 3 heterocycles. The maximum Gasteiger partial charge on any atom is 0.216 e. The molecule has 0 spiro atoms. The van der Waals surface area contributed by atoms with Crippen molar-refractivity contribution in [3.8, 4) is 0 Å². The maximum atomic E-state index is 4.41. The highest BCUT2D eigenvalue weighted by molar-refractivity contribution is 5.76. The van der Waals surface area contributed by atoms with E-state index in [1.807, 2.05) is 24.7 Å². The lowest BCUT2D eigenvalue weighted by Crippen LogP contribution is -2.01. The molecule has 0 aliphatic heterocycles. The molecule has 0 aliphatic rings. The van der Waals surface area contributed by atoms with Gasteiger partial charge >= 0.3 is 0 Å². The van der Waals surface area contributed by atoms with E-state index in [0.717, 1.165) is 16.9 Å². The van der Waals surface area contributed by atoms with Gasteiger partial charge in [0.25, 0.3) is 0 Å². The van der Waals surface area contributed by atoms with Crippen LogP contribution < -0.4 is 0 Å². The first kappa shape index (κ1) is 8.47. The molecule has 0 fully saturated rings. The molecule has 0 aromatic carbocycles. The molecule has 0 N–H and O–H groups in total. The first-order valence-corrected chi connectivity index (χ1v) is 5.07. The monoisotopic (exact) mass is 200 g/mol. The minimum Gasteiger partial charge on any atom is -0.292 e. The van der Waals surface area contributed by atoms with Crippen LogP contribution in [0.5, 0.6) is 0 Å². The Morgan fingerprint density at radius 3 is 2.87 bits per heavy atom. The first-order chi connectivity index (χ1) is 7.29. The summed E-state index contributed by atoms with van der Waals surface area (Å²) in [6.07, 6.45) is 5.61. The summed E-state index contributed by atoms with van der Waals surface area (Å²) < 4.78 is 4.22. The van der Waals surface area contributed by atoms with Crippen LogP contribution in [0.2, 0.25) is 0 Å². The van der Waals surface area contributed by atoms with Crippen LogP contribution in [0.25, 0.3) is 16.9 Å². The number of imidazole rings is 2. The van der Waals surface area contributed by atoms with Gasteiger partial charge in [0.2, 0.25) is 5.78 Å². The lowest BCUT2D eigenvalue weighted by atomic mass is 10.4. The van der Waals surface area contributed by atoms with Crippen molar-refractivity contribution in [3.05, 3.63) is 30.7 Å². The Hall–Kier alpha value is -1.84. The second-order valence-electron chi connectivity index (χ2n) is 3.91. The van der Waals surface area contributed by atoms with E-state index in [1.165, 1.54) is 0 Å². The maximum absolute atomic E-state index is 4.41. The summed E-state index contributed by atoms with van der Waals surface area (Å²) >= 11 is 0.